The van der Waals surface area contributed by atoms with Crippen LogP contribution in [0.25, 0.3) is 0 Å². The minimum atomic E-state index is -4.97. The van der Waals surface area contributed by atoms with E-state index in [1.165, 1.54) is 6.07 Å². The van der Waals surface area contributed by atoms with Gasteiger partial charge < -0.3 is 9.64 Å². The van der Waals surface area contributed by atoms with Gasteiger partial charge in [-0.05, 0) is 37.1 Å². The molecule has 1 fully saturated rings. The van der Waals surface area contributed by atoms with Gasteiger partial charge in [-0.15, -0.1) is 0 Å². The second kappa shape index (κ2) is 6.69. The van der Waals surface area contributed by atoms with Crippen molar-refractivity contribution in [3.05, 3.63) is 53.1 Å². The Morgan fingerprint density at radius 3 is 1.92 bits per heavy atom. The summed E-state index contributed by atoms with van der Waals surface area (Å²) in [7, 11) is 0. The van der Waals surface area contributed by atoms with Gasteiger partial charge in [-0.2, -0.15) is 17.6 Å². The van der Waals surface area contributed by atoms with Gasteiger partial charge in [-0.1, -0.05) is 0 Å². The van der Waals surface area contributed by atoms with E-state index in [0.29, 0.717) is 13.1 Å². The van der Waals surface area contributed by atoms with Crippen LogP contribution in [-0.4, -0.2) is 13.1 Å². The second-order valence-corrected chi connectivity index (χ2v) is 5.77. The highest BCUT2D eigenvalue weighted by Crippen LogP contribution is 2.40. The number of benzene rings is 2. The van der Waals surface area contributed by atoms with Gasteiger partial charge in [0.15, 0.2) is 29.0 Å². The van der Waals surface area contributed by atoms with E-state index in [4.69, 9.17) is 4.74 Å². The van der Waals surface area contributed by atoms with Crippen molar-refractivity contribution < 1.29 is 35.5 Å². The Labute approximate surface area is 143 Å². The highest BCUT2D eigenvalue weighted by molar-refractivity contribution is 5.61. The van der Waals surface area contributed by atoms with E-state index in [2.05, 4.69) is 0 Å². The molecule has 0 aliphatic carbocycles. The van der Waals surface area contributed by atoms with Crippen LogP contribution in [0.4, 0.5) is 36.4 Å². The van der Waals surface area contributed by atoms with E-state index in [0.717, 1.165) is 18.9 Å². The van der Waals surface area contributed by atoms with Gasteiger partial charge in [0, 0.05) is 13.1 Å². The SMILES string of the molecule is Fc1ccc(N2CCCC2)c(Oc2c(F)cc(C(F)(F)F)cc2F)c1F. The van der Waals surface area contributed by atoms with Crippen molar-refractivity contribution in [1.29, 1.82) is 0 Å². The highest BCUT2D eigenvalue weighted by atomic mass is 19.4. The highest BCUT2D eigenvalue weighted by Gasteiger charge is 2.33. The van der Waals surface area contributed by atoms with Crippen LogP contribution in [0.5, 0.6) is 11.5 Å². The standard InChI is InChI=1S/C17H12F7NO/c18-10-3-4-13(25-5-1-2-6-25)16(14(10)21)26-15-11(19)7-9(8-12(15)20)17(22,23)24/h3-4,7-8H,1-2,5-6H2. The van der Waals surface area contributed by atoms with Gasteiger partial charge in [0.2, 0.25) is 5.82 Å². The van der Waals surface area contributed by atoms with E-state index in [1.54, 1.807) is 4.90 Å². The topological polar surface area (TPSA) is 12.5 Å². The van der Waals surface area contributed by atoms with Gasteiger partial charge in [-0.25, -0.2) is 13.2 Å². The Morgan fingerprint density at radius 1 is 0.808 bits per heavy atom. The molecule has 0 unspecified atom stereocenters. The number of nitrogens with zero attached hydrogens (tertiary/aromatic N) is 1. The summed E-state index contributed by atoms with van der Waals surface area (Å²) in [6, 6.07) is 2.10. The summed E-state index contributed by atoms with van der Waals surface area (Å²) in [5, 5.41) is 0. The van der Waals surface area contributed by atoms with E-state index in [-0.39, 0.29) is 17.8 Å². The summed E-state index contributed by atoms with van der Waals surface area (Å²) >= 11 is 0. The third-order valence-electron chi connectivity index (χ3n) is 4.01. The zero-order valence-electron chi connectivity index (χ0n) is 13.1. The molecule has 1 aliphatic heterocycles. The van der Waals surface area contributed by atoms with Crippen molar-refractivity contribution in [1.82, 2.24) is 0 Å². The first-order valence-electron chi connectivity index (χ1n) is 7.65. The lowest BCUT2D eigenvalue weighted by atomic mass is 10.2. The number of hydrogen-bond acceptors (Lipinski definition) is 2. The van der Waals surface area contributed by atoms with Crippen LogP contribution in [0, 0.1) is 23.3 Å². The molecule has 0 atom stereocenters. The van der Waals surface area contributed by atoms with Gasteiger partial charge in [-0.3, -0.25) is 0 Å². The fourth-order valence-electron chi connectivity index (χ4n) is 2.75. The molecule has 1 heterocycles. The first-order chi connectivity index (χ1) is 12.2. The molecular formula is C17H12F7NO. The molecule has 0 radical (unpaired) electrons. The molecule has 3 rings (SSSR count). The predicted molar refractivity (Wildman–Crippen MR) is 79.2 cm³/mol. The quantitative estimate of drug-likeness (QED) is 0.639. The van der Waals surface area contributed by atoms with E-state index < -0.39 is 46.5 Å². The summed E-state index contributed by atoms with van der Waals surface area (Å²) < 4.78 is 98.4. The number of hydrogen-bond donors (Lipinski definition) is 0. The fourth-order valence-corrected chi connectivity index (χ4v) is 2.75. The molecule has 0 amide bonds. The third-order valence-corrected chi connectivity index (χ3v) is 4.01. The number of halogens is 7. The Bertz CT molecular complexity index is 806. The molecule has 2 nitrogen and oxygen atoms in total. The van der Waals surface area contributed by atoms with Crippen LogP contribution in [0.15, 0.2) is 24.3 Å². The van der Waals surface area contributed by atoms with Crippen LogP contribution < -0.4 is 9.64 Å². The number of ether oxygens (including phenoxy) is 1. The van der Waals surface area contributed by atoms with Crippen molar-refractivity contribution in [2.24, 2.45) is 0 Å². The lowest BCUT2D eigenvalue weighted by Gasteiger charge is -2.22. The molecular weight excluding hydrogens is 367 g/mol. The molecule has 0 spiro atoms. The molecule has 2 aromatic rings. The minimum Gasteiger partial charge on any atom is -0.446 e. The van der Waals surface area contributed by atoms with Crippen LogP contribution in [0.3, 0.4) is 0 Å². The molecule has 1 aliphatic rings. The molecule has 0 bridgehead atoms. The van der Waals surface area contributed by atoms with Crippen LogP contribution in [-0.2, 0) is 6.18 Å². The lowest BCUT2D eigenvalue weighted by molar-refractivity contribution is -0.138. The van der Waals surface area contributed by atoms with Gasteiger partial charge in [0.25, 0.3) is 0 Å². The van der Waals surface area contributed by atoms with E-state index >= 15 is 0 Å². The zero-order valence-corrected chi connectivity index (χ0v) is 13.1. The van der Waals surface area contributed by atoms with Crippen LogP contribution in [0.2, 0.25) is 0 Å². The minimum absolute atomic E-state index is 0.0329. The molecule has 9 heteroatoms. The Morgan fingerprint density at radius 2 is 1.38 bits per heavy atom. The summed E-state index contributed by atoms with van der Waals surface area (Å²) in [6.07, 6.45) is -3.41. The van der Waals surface area contributed by atoms with Gasteiger partial charge in [0.1, 0.15) is 0 Å². The molecule has 2 aromatic carbocycles. The van der Waals surface area contributed by atoms with Crippen molar-refractivity contribution >= 4 is 5.69 Å². The maximum Gasteiger partial charge on any atom is 0.416 e. The average Bonchev–Trinajstić information content (AvgIpc) is 3.07. The van der Waals surface area contributed by atoms with E-state index in [1.807, 2.05) is 0 Å². The lowest BCUT2D eigenvalue weighted by Crippen LogP contribution is -2.19. The largest absolute Gasteiger partial charge is 0.446 e. The van der Waals surface area contributed by atoms with Gasteiger partial charge in [0.05, 0.1) is 11.3 Å². The first-order valence-corrected chi connectivity index (χ1v) is 7.65. The Kier molecular flexibility index (Phi) is 4.72. The van der Waals surface area contributed by atoms with Crippen LogP contribution in [0.1, 0.15) is 18.4 Å². The third kappa shape index (κ3) is 3.42. The summed E-state index contributed by atoms with van der Waals surface area (Å²) in [5.41, 5.74) is -1.49. The second-order valence-electron chi connectivity index (χ2n) is 5.77. The number of rotatable bonds is 3. The maximum atomic E-state index is 14.2. The van der Waals surface area contributed by atoms with Crippen molar-refractivity contribution in [3.8, 4) is 11.5 Å². The average molecular weight is 379 g/mol. The smallest absolute Gasteiger partial charge is 0.416 e. The molecule has 140 valence electrons. The van der Waals surface area contributed by atoms with Crippen LogP contribution >= 0.6 is 0 Å². The normalized spacial score (nSPS) is 14.8. The summed E-state index contributed by atoms with van der Waals surface area (Å²) in [4.78, 5) is 1.64. The van der Waals surface area contributed by atoms with E-state index in [9.17, 15) is 30.7 Å². The number of alkyl halides is 3. The van der Waals surface area contributed by atoms with Crippen molar-refractivity contribution in [2.75, 3.05) is 18.0 Å². The summed E-state index contributed by atoms with van der Waals surface area (Å²) in [6.45, 7) is 0.999. The van der Waals surface area contributed by atoms with Crippen molar-refractivity contribution in [3.63, 3.8) is 0 Å². The first kappa shape index (κ1) is 18.3. The fraction of sp³-hybridized carbons (Fsp3) is 0.294. The molecule has 1 saturated heterocycles. The molecule has 0 N–H and O–H groups in total. The number of anilines is 1. The predicted octanol–water partition coefficient (Wildman–Crippen LogP) is 5.65. The zero-order chi connectivity index (χ0) is 19.1. The maximum absolute atomic E-state index is 14.2. The Balaban J connectivity index is 2.05. The molecule has 26 heavy (non-hydrogen) atoms. The molecule has 0 saturated carbocycles. The molecule has 0 aromatic heterocycles. The Hall–Kier alpha value is -2.45. The van der Waals surface area contributed by atoms with Gasteiger partial charge >= 0.3 is 6.18 Å². The van der Waals surface area contributed by atoms with Crippen molar-refractivity contribution in [2.45, 2.75) is 19.0 Å². The summed E-state index contributed by atoms with van der Waals surface area (Å²) in [5.74, 6) is -8.14. The monoisotopic (exact) mass is 379 g/mol.